The predicted molar refractivity (Wildman–Crippen MR) is 69.9 cm³/mol. The lowest BCUT2D eigenvalue weighted by molar-refractivity contribution is 0.102. The van der Waals surface area contributed by atoms with E-state index in [9.17, 15) is 18.0 Å². The Bertz CT molecular complexity index is 686. The number of benzene rings is 2. The summed E-state index contributed by atoms with van der Waals surface area (Å²) in [5.74, 6) is -5.44. The van der Waals surface area contributed by atoms with Crippen molar-refractivity contribution >= 4 is 17.3 Å². The Morgan fingerprint density at radius 3 is 2.45 bits per heavy atom. The van der Waals surface area contributed by atoms with E-state index in [-0.39, 0.29) is 0 Å². The predicted octanol–water partition coefficient (Wildman–Crippen LogP) is 3.25. The Labute approximate surface area is 113 Å². The van der Waals surface area contributed by atoms with E-state index in [1.165, 1.54) is 6.07 Å². The van der Waals surface area contributed by atoms with Gasteiger partial charge in [0.1, 0.15) is 0 Å². The third kappa shape index (κ3) is 2.59. The van der Waals surface area contributed by atoms with Crippen molar-refractivity contribution in [2.45, 2.75) is 6.92 Å². The Hall–Kier alpha value is -2.50. The third-order valence-corrected chi connectivity index (χ3v) is 2.82. The molecule has 0 atom stereocenters. The van der Waals surface area contributed by atoms with Crippen molar-refractivity contribution in [1.29, 1.82) is 0 Å². The van der Waals surface area contributed by atoms with Gasteiger partial charge in [-0.3, -0.25) is 4.79 Å². The van der Waals surface area contributed by atoms with E-state index in [0.29, 0.717) is 17.4 Å². The fourth-order valence-corrected chi connectivity index (χ4v) is 1.62. The number of hydrogen-bond donors (Lipinski definition) is 2. The van der Waals surface area contributed by atoms with Gasteiger partial charge in [-0.2, -0.15) is 0 Å². The van der Waals surface area contributed by atoms with Crippen molar-refractivity contribution in [2.75, 3.05) is 11.1 Å². The molecule has 0 aliphatic heterocycles. The minimum Gasteiger partial charge on any atom is -0.398 e. The second-order valence-electron chi connectivity index (χ2n) is 4.25. The highest BCUT2D eigenvalue weighted by Gasteiger charge is 2.18. The molecule has 0 bridgehead atoms. The third-order valence-electron chi connectivity index (χ3n) is 2.82. The van der Waals surface area contributed by atoms with Crippen molar-refractivity contribution in [1.82, 2.24) is 0 Å². The second kappa shape index (κ2) is 5.24. The van der Waals surface area contributed by atoms with Gasteiger partial charge in [-0.05, 0) is 36.8 Å². The van der Waals surface area contributed by atoms with Gasteiger partial charge in [0, 0.05) is 11.4 Å². The number of anilines is 2. The molecule has 0 fully saturated rings. The zero-order chi connectivity index (χ0) is 14.9. The van der Waals surface area contributed by atoms with Crippen LogP contribution in [0.25, 0.3) is 0 Å². The van der Waals surface area contributed by atoms with Gasteiger partial charge in [-0.25, -0.2) is 13.2 Å². The van der Waals surface area contributed by atoms with Gasteiger partial charge in [0.15, 0.2) is 17.5 Å². The highest BCUT2D eigenvalue weighted by atomic mass is 19.2. The monoisotopic (exact) mass is 280 g/mol. The van der Waals surface area contributed by atoms with E-state index in [4.69, 9.17) is 5.73 Å². The maximum atomic E-state index is 13.5. The molecule has 2 aromatic rings. The van der Waals surface area contributed by atoms with E-state index < -0.39 is 28.9 Å². The Kier molecular flexibility index (Phi) is 3.65. The van der Waals surface area contributed by atoms with Gasteiger partial charge >= 0.3 is 0 Å². The molecular weight excluding hydrogens is 269 g/mol. The van der Waals surface area contributed by atoms with Gasteiger partial charge < -0.3 is 11.1 Å². The van der Waals surface area contributed by atoms with Crippen molar-refractivity contribution in [3.63, 3.8) is 0 Å². The molecular formula is C14H11F3N2O. The van der Waals surface area contributed by atoms with Crippen LogP contribution >= 0.6 is 0 Å². The molecule has 0 saturated carbocycles. The van der Waals surface area contributed by atoms with E-state index in [1.54, 1.807) is 19.1 Å². The summed E-state index contributed by atoms with van der Waals surface area (Å²) in [6.07, 6.45) is 0. The van der Waals surface area contributed by atoms with Gasteiger partial charge in [-0.15, -0.1) is 0 Å². The molecule has 0 spiro atoms. The van der Waals surface area contributed by atoms with Crippen LogP contribution in [-0.2, 0) is 0 Å². The number of rotatable bonds is 2. The smallest absolute Gasteiger partial charge is 0.258 e. The molecule has 0 aliphatic rings. The van der Waals surface area contributed by atoms with Crippen molar-refractivity contribution < 1.29 is 18.0 Å². The van der Waals surface area contributed by atoms with E-state index in [0.717, 1.165) is 11.6 Å². The maximum Gasteiger partial charge on any atom is 0.258 e. The summed E-state index contributed by atoms with van der Waals surface area (Å²) in [5, 5.41) is 2.37. The maximum absolute atomic E-state index is 13.5. The quantitative estimate of drug-likeness (QED) is 0.655. The number of amides is 1. The number of carbonyl (C=O) groups excluding carboxylic acids is 1. The molecule has 0 aromatic heterocycles. The molecule has 20 heavy (non-hydrogen) atoms. The molecule has 0 aliphatic carbocycles. The molecule has 2 aromatic carbocycles. The van der Waals surface area contributed by atoms with E-state index in [2.05, 4.69) is 5.32 Å². The fourth-order valence-electron chi connectivity index (χ4n) is 1.62. The number of nitrogens with one attached hydrogen (secondary N) is 1. The number of halogens is 3. The van der Waals surface area contributed by atoms with Crippen LogP contribution in [-0.4, -0.2) is 5.91 Å². The highest BCUT2D eigenvalue weighted by molar-refractivity contribution is 6.04. The molecule has 2 rings (SSSR count). The number of aryl methyl sites for hydroxylation is 1. The Morgan fingerprint density at radius 2 is 1.80 bits per heavy atom. The first-order valence-electron chi connectivity index (χ1n) is 5.71. The molecule has 0 heterocycles. The van der Waals surface area contributed by atoms with Crippen LogP contribution < -0.4 is 11.1 Å². The summed E-state index contributed by atoms with van der Waals surface area (Å²) in [6.45, 7) is 1.79. The van der Waals surface area contributed by atoms with Gasteiger partial charge in [0.25, 0.3) is 5.91 Å². The van der Waals surface area contributed by atoms with Crippen molar-refractivity contribution in [3.05, 3.63) is 58.9 Å². The fraction of sp³-hybridized carbons (Fsp3) is 0.0714. The van der Waals surface area contributed by atoms with Crippen LogP contribution in [0.1, 0.15) is 15.9 Å². The number of hydrogen-bond acceptors (Lipinski definition) is 2. The van der Waals surface area contributed by atoms with Gasteiger partial charge in [-0.1, -0.05) is 6.07 Å². The summed E-state index contributed by atoms with van der Waals surface area (Å²) in [7, 11) is 0. The van der Waals surface area contributed by atoms with Gasteiger partial charge in [0.05, 0.1) is 5.56 Å². The Morgan fingerprint density at radius 1 is 1.10 bits per heavy atom. The summed E-state index contributed by atoms with van der Waals surface area (Å²) >= 11 is 0. The molecule has 1 amide bonds. The number of carbonyl (C=O) groups is 1. The van der Waals surface area contributed by atoms with E-state index >= 15 is 0 Å². The lowest BCUT2D eigenvalue weighted by Crippen LogP contribution is -2.15. The Balaban J connectivity index is 2.28. The molecule has 0 radical (unpaired) electrons. The number of nitrogens with two attached hydrogens (primary N) is 1. The second-order valence-corrected chi connectivity index (χ2v) is 4.25. The van der Waals surface area contributed by atoms with Crippen LogP contribution in [0.15, 0.2) is 30.3 Å². The highest BCUT2D eigenvalue weighted by Crippen LogP contribution is 2.20. The minimum absolute atomic E-state index is 0.335. The first kappa shape index (κ1) is 13.9. The lowest BCUT2D eigenvalue weighted by Gasteiger charge is -2.08. The zero-order valence-electron chi connectivity index (χ0n) is 10.5. The van der Waals surface area contributed by atoms with E-state index in [1.807, 2.05) is 0 Å². The zero-order valence-corrected chi connectivity index (χ0v) is 10.5. The average Bonchev–Trinajstić information content (AvgIpc) is 2.40. The first-order valence-corrected chi connectivity index (χ1v) is 5.71. The lowest BCUT2D eigenvalue weighted by atomic mass is 10.1. The standard InChI is InChI=1S/C14H11F3N2O/c1-7-2-3-8(6-11(7)18)19-14(20)9-4-5-10(15)13(17)12(9)16/h2-6H,18H2,1H3,(H,19,20). The van der Waals surface area contributed by atoms with Crippen molar-refractivity contribution in [3.8, 4) is 0 Å². The molecule has 104 valence electrons. The molecule has 3 nitrogen and oxygen atoms in total. The summed E-state index contributed by atoms with van der Waals surface area (Å²) in [6, 6.07) is 6.30. The molecule has 3 N–H and O–H groups in total. The molecule has 0 saturated heterocycles. The normalized spacial score (nSPS) is 10.4. The van der Waals surface area contributed by atoms with Crippen LogP contribution in [0.2, 0.25) is 0 Å². The summed E-state index contributed by atoms with van der Waals surface area (Å²) in [4.78, 5) is 11.8. The van der Waals surface area contributed by atoms with Crippen molar-refractivity contribution in [2.24, 2.45) is 0 Å². The molecule has 6 heteroatoms. The van der Waals surface area contributed by atoms with Crippen LogP contribution in [0.4, 0.5) is 24.5 Å². The molecule has 0 unspecified atom stereocenters. The van der Waals surface area contributed by atoms with Gasteiger partial charge in [0.2, 0.25) is 0 Å². The SMILES string of the molecule is Cc1ccc(NC(=O)c2ccc(F)c(F)c2F)cc1N. The summed E-state index contributed by atoms with van der Waals surface area (Å²) in [5.41, 5.74) is 6.70. The van der Waals surface area contributed by atoms with Crippen LogP contribution in [0, 0.1) is 24.4 Å². The first-order chi connectivity index (χ1) is 9.40. The number of nitrogen functional groups attached to an aromatic ring is 1. The largest absolute Gasteiger partial charge is 0.398 e. The minimum atomic E-state index is -1.68. The summed E-state index contributed by atoms with van der Waals surface area (Å²) < 4.78 is 39.3. The average molecular weight is 280 g/mol. The van der Waals surface area contributed by atoms with Crippen LogP contribution in [0.3, 0.4) is 0 Å². The van der Waals surface area contributed by atoms with Crippen LogP contribution in [0.5, 0.6) is 0 Å². The topological polar surface area (TPSA) is 55.1 Å².